The van der Waals surface area contributed by atoms with Crippen molar-refractivity contribution in [1.29, 1.82) is 0 Å². The maximum atomic E-state index is 10.8. The topological polar surface area (TPSA) is 58.6 Å². The maximum Gasteiger partial charge on any atom is 0.332 e. The first kappa shape index (κ1) is 15.0. The van der Waals surface area contributed by atoms with E-state index in [0.717, 1.165) is 13.0 Å². The van der Waals surface area contributed by atoms with Crippen molar-refractivity contribution in [1.82, 2.24) is 5.32 Å². The average molecular weight is 277 g/mol. The lowest BCUT2D eigenvalue weighted by Crippen LogP contribution is -2.37. The van der Waals surface area contributed by atoms with E-state index in [1.165, 1.54) is 5.56 Å². The predicted molar refractivity (Wildman–Crippen MR) is 77.9 cm³/mol. The average Bonchev–Trinajstić information content (AvgIpc) is 2.89. The van der Waals surface area contributed by atoms with Crippen molar-refractivity contribution >= 4 is 5.97 Å². The monoisotopic (exact) mass is 277 g/mol. The first-order valence-corrected chi connectivity index (χ1v) is 7.13. The molecule has 1 heterocycles. The quantitative estimate of drug-likeness (QED) is 0.837. The molecule has 0 aromatic heterocycles. The van der Waals surface area contributed by atoms with Crippen LogP contribution in [0.4, 0.5) is 0 Å². The van der Waals surface area contributed by atoms with Crippen LogP contribution in [-0.4, -0.2) is 36.4 Å². The Labute approximate surface area is 120 Å². The molecule has 1 fully saturated rings. The van der Waals surface area contributed by atoms with E-state index >= 15 is 0 Å². The molecule has 0 amide bonds. The zero-order chi connectivity index (χ0) is 14.6. The summed E-state index contributed by atoms with van der Waals surface area (Å²) < 4.78 is 5.48. The van der Waals surface area contributed by atoms with E-state index in [0.29, 0.717) is 13.0 Å². The molecule has 1 aliphatic heterocycles. The smallest absolute Gasteiger partial charge is 0.332 e. The van der Waals surface area contributed by atoms with Crippen molar-refractivity contribution in [2.75, 3.05) is 13.1 Å². The molecule has 4 nitrogen and oxygen atoms in total. The molecular formula is C16H23NO3. The second kappa shape index (κ2) is 6.37. The third-order valence-corrected chi connectivity index (χ3v) is 3.88. The minimum Gasteiger partial charge on any atom is -0.479 e. The van der Waals surface area contributed by atoms with E-state index in [-0.39, 0.29) is 11.5 Å². The van der Waals surface area contributed by atoms with Gasteiger partial charge < -0.3 is 15.2 Å². The van der Waals surface area contributed by atoms with Crippen molar-refractivity contribution in [3.63, 3.8) is 0 Å². The van der Waals surface area contributed by atoms with Crippen LogP contribution in [0, 0.1) is 0 Å². The molecule has 0 saturated carbocycles. The Hall–Kier alpha value is -1.39. The highest BCUT2D eigenvalue weighted by Crippen LogP contribution is 2.23. The number of aliphatic carboxylic acids is 1. The normalized spacial score (nSPS) is 22.9. The third kappa shape index (κ3) is 3.81. The van der Waals surface area contributed by atoms with Gasteiger partial charge in [-0.2, -0.15) is 0 Å². The van der Waals surface area contributed by atoms with E-state index in [2.05, 4.69) is 43.4 Å². The molecule has 2 N–H and O–H groups in total. The molecule has 20 heavy (non-hydrogen) atoms. The molecule has 1 saturated heterocycles. The molecule has 2 rings (SSSR count). The Morgan fingerprint density at radius 3 is 2.65 bits per heavy atom. The Kier molecular flexibility index (Phi) is 4.78. The lowest BCUT2D eigenvalue weighted by atomic mass is 9.84. The first-order chi connectivity index (χ1) is 9.49. The minimum atomic E-state index is -0.850. The van der Waals surface area contributed by atoms with Crippen LogP contribution < -0.4 is 5.32 Å². The van der Waals surface area contributed by atoms with Crippen LogP contribution in [0.15, 0.2) is 30.3 Å². The van der Waals surface area contributed by atoms with Crippen LogP contribution in [0.3, 0.4) is 0 Å². The third-order valence-electron chi connectivity index (χ3n) is 3.88. The highest BCUT2D eigenvalue weighted by atomic mass is 16.5. The Morgan fingerprint density at radius 1 is 1.35 bits per heavy atom. The van der Waals surface area contributed by atoms with Crippen LogP contribution in [0.5, 0.6) is 0 Å². The molecule has 0 aliphatic carbocycles. The van der Waals surface area contributed by atoms with Gasteiger partial charge in [0.25, 0.3) is 0 Å². The molecule has 1 aromatic rings. The van der Waals surface area contributed by atoms with Crippen molar-refractivity contribution in [3.8, 4) is 0 Å². The highest BCUT2D eigenvalue weighted by molar-refractivity contribution is 5.72. The molecule has 4 heteroatoms. The van der Waals surface area contributed by atoms with Gasteiger partial charge in [0.1, 0.15) is 0 Å². The fraction of sp³-hybridized carbons (Fsp3) is 0.562. The number of carboxylic acids is 1. The summed E-state index contributed by atoms with van der Waals surface area (Å²) in [6, 6.07) is 10.4. The van der Waals surface area contributed by atoms with Gasteiger partial charge >= 0.3 is 5.97 Å². The number of benzene rings is 1. The molecule has 110 valence electrons. The van der Waals surface area contributed by atoms with Gasteiger partial charge in [0.15, 0.2) is 6.10 Å². The van der Waals surface area contributed by atoms with Crippen molar-refractivity contribution in [2.24, 2.45) is 0 Å². The van der Waals surface area contributed by atoms with Crippen molar-refractivity contribution in [2.45, 2.75) is 44.3 Å². The van der Waals surface area contributed by atoms with E-state index in [1.54, 1.807) is 0 Å². The zero-order valence-electron chi connectivity index (χ0n) is 12.1. The van der Waals surface area contributed by atoms with Crippen LogP contribution >= 0.6 is 0 Å². The van der Waals surface area contributed by atoms with E-state index in [9.17, 15) is 4.79 Å². The Bertz CT molecular complexity index is 444. The largest absolute Gasteiger partial charge is 0.479 e. The molecule has 2 unspecified atom stereocenters. The fourth-order valence-corrected chi connectivity index (χ4v) is 2.57. The van der Waals surface area contributed by atoms with Crippen molar-refractivity contribution in [3.05, 3.63) is 35.9 Å². The number of hydrogen-bond donors (Lipinski definition) is 2. The minimum absolute atomic E-state index is 0.0164. The number of hydrogen-bond acceptors (Lipinski definition) is 3. The van der Waals surface area contributed by atoms with Gasteiger partial charge in [-0.15, -0.1) is 0 Å². The highest BCUT2D eigenvalue weighted by Gasteiger charge is 2.30. The number of ether oxygens (including phenoxy) is 1. The fourth-order valence-electron chi connectivity index (χ4n) is 2.57. The summed E-state index contributed by atoms with van der Waals surface area (Å²) in [4.78, 5) is 10.8. The summed E-state index contributed by atoms with van der Waals surface area (Å²) in [6.45, 7) is 5.95. The molecule has 0 spiro atoms. The van der Waals surface area contributed by atoms with Gasteiger partial charge in [-0.1, -0.05) is 44.2 Å². The van der Waals surface area contributed by atoms with E-state index < -0.39 is 12.1 Å². The van der Waals surface area contributed by atoms with Gasteiger partial charge in [-0.3, -0.25) is 0 Å². The molecule has 1 aliphatic rings. The van der Waals surface area contributed by atoms with Gasteiger partial charge in [-0.25, -0.2) is 4.79 Å². The summed E-state index contributed by atoms with van der Waals surface area (Å²) in [7, 11) is 0. The molecular weight excluding hydrogens is 254 g/mol. The second-order valence-corrected chi connectivity index (χ2v) is 6.04. The second-order valence-electron chi connectivity index (χ2n) is 6.04. The van der Waals surface area contributed by atoms with Crippen LogP contribution in [0.1, 0.15) is 32.3 Å². The molecule has 1 aromatic carbocycles. The lowest BCUT2D eigenvalue weighted by Gasteiger charge is -2.26. The van der Waals surface area contributed by atoms with Gasteiger partial charge in [0, 0.05) is 18.5 Å². The standard InChI is InChI=1S/C16H23NO3/c1-16(2,12-6-4-3-5-7-12)11-17-10-13-8-9-14(20-13)15(18)19/h3-7,13-14,17H,8-11H2,1-2H3,(H,18,19). The number of carboxylic acid groups (broad SMARTS) is 1. The molecule has 0 bridgehead atoms. The summed E-state index contributed by atoms with van der Waals surface area (Å²) in [5.41, 5.74) is 1.34. The van der Waals surface area contributed by atoms with Gasteiger partial charge in [0.05, 0.1) is 6.10 Å². The van der Waals surface area contributed by atoms with Crippen LogP contribution in [0.2, 0.25) is 0 Å². The SMILES string of the molecule is CC(C)(CNCC1CCC(C(=O)O)O1)c1ccccc1. The van der Waals surface area contributed by atoms with E-state index in [4.69, 9.17) is 9.84 Å². The summed E-state index contributed by atoms with van der Waals surface area (Å²) >= 11 is 0. The molecule has 0 radical (unpaired) electrons. The number of carbonyl (C=O) groups is 1. The number of nitrogens with one attached hydrogen (secondary N) is 1. The Balaban J connectivity index is 1.77. The Morgan fingerprint density at radius 2 is 2.05 bits per heavy atom. The predicted octanol–water partition coefficient (Wildman–Crippen LogP) is 2.19. The van der Waals surface area contributed by atoms with Gasteiger partial charge in [0.2, 0.25) is 0 Å². The van der Waals surface area contributed by atoms with Gasteiger partial charge in [-0.05, 0) is 18.4 Å². The summed E-state index contributed by atoms with van der Waals surface area (Å²) in [5, 5.41) is 12.3. The van der Waals surface area contributed by atoms with Crippen molar-refractivity contribution < 1.29 is 14.6 Å². The summed E-state index contributed by atoms with van der Waals surface area (Å²) in [6.07, 6.45) is 0.825. The summed E-state index contributed by atoms with van der Waals surface area (Å²) in [5.74, 6) is -0.850. The van der Waals surface area contributed by atoms with Crippen LogP contribution in [-0.2, 0) is 14.9 Å². The first-order valence-electron chi connectivity index (χ1n) is 7.13. The van der Waals surface area contributed by atoms with E-state index in [1.807, 2.05) is 6.07 Å². The molecule has 2 atom stereocenters. The zero-order valence-corrected chi connectivity index (χ0v) is 12.1. The maximum absolute atomic E-state index is 10.8. The number of rotatable bonds is 6. The lowest BCUT2D eigenvalue weighted by molar-refractivity contribution is -0.149. The van der Waals surface area contributed by atoms with Crippen LogP contribution in [0.25, 0.3) is 0 Å².